The van der Waals surface area contributed by atoms with Gasteiger partial charge in [-0.1, -0.05) is 0 Å². The highest BCUT2D eigenvalue weighted by molar-refractivity contribution is 4.70. The first-order valence-corrected chi connectivity index (χ1v) is 3.29. The van der Waals surface area contributed by atoms with Crippen molar-refractivity contribution in [1.29, 1.82) is 0 Å². The van der Waals surface area contributed by atoms with Gasteiger partial charge in [-0.15, -0.1) is 0 Å². The van der Waals surface area contributed by atoms with E-state index in [1.54, 1.807) is 0 Å². The topological polar surface area (TPSA) is 12.0 Å². The van der Waals surface area contributed by atoms with Crippen molar-refractivity contribution in [3.05, 3.63) is 0 Å². The van der Waals surface area contributed by atoms with Crippen LogP contribution in [0.4, 0.5) is 8.78 Å². The Balaban J connectivity index is 2.23. The van der Waals surface area contributed by atoms with Crippen LogP contribution in [0.3, 0.4) is 0 Å². The summed E-state index contributed by atoms with van der Waals surface area (Å²) in [7, 11) is 0. The number of hydrogen-bond donors (Lipinski definition) is 1. The first-order valence-electron chi connectivity index (χ1n) is 3.29. The van der Waals surface area contributed by atoms with Crippen molar-refractivity contribution < 1.29 is 8.78 Å². The minimum atomic E-state index is -2.13. The molecule has 1 unspecified atom stereocenters. The molecule has 0 radical (unpaired) electrons. The second-order valence-electron chi connectivity index (χ2n) is 2.44. The van der Waals surface area contributed by atoms with Gasteiger partial charge < -0.3 is 5.32 Å². The third kappa shape index (κ3) is 1.90. The molecule has 1 saturated heterocycles. The molecule has 0 spiro atoms. The molecule has 1 fully saturated rings. The quantitative estimate of drug-likeness (QED) is 0.570. The number of halogens is 2. The van der Waals surface area contributed by atoms with E-state index in [0.717, 1.165) is 13.0 Å². The van der Waals surface area contributed by atoms with Crippen LogP contribution in [-0.2, 0) is 0 Å². The number of hydrogen-bond acceptors (Lipinski definition) is 1. The maximum absolute atomic E-state index is 11.9. The summed E-state index contributed by atoms with van der Waals surface area (Å²) in [5.74, 6) is -0.390. The lowest BCUT2D eigenvalue weighted by atomic mass is 10.0. The van der Waals surface area contributed by atoms with Crippen LogP contribution in [0, 0.1) is 5.92 Å². The van der Waals surface area contributed by atoms with Gasteiger partial charge >= 0.3 is 0 Å². The van der Waals surface area contributed by atoms with Crippen molar-refractivity contribution in [1.82, 2.24) is 5.32 Å². The monoisotopic (exact) mass is 135 g/mol. The van der Waals surface area contributed by atoms with Crippen LogP contribution in [-0.4, -0.2) is 19.5 Å². The van der Waals surface area contributed by atoms with Crippen LogP contribution in [0.1, 0.15) is 12.8 Å². The molecule has 0 aromatic heterocycles. The van der Waals surface area contributed by atoms with E-state index >= 15 is 0 Å². The Morgan fingerprint density at radius 1 is 1.44 bits per heavy atom. The fourth-order valence-electron chi connectivity index (χ4n) is 1.09. The van der Waals surface area contributed by atoms with E-state index in [1.165, 1.54) is 0 Å². The third-order valence-electron chi connectivity index (χ3n) is 1.69. The summed E-state index contributed by atoms with van der Waals surface area (Å²) in [6.45, 7) is 1.40. The van der Waals surface area contributed by atoms with E-state index in [2.05, 4.69) is 5.32 Å². The zero-order valence-electron chi connectivity index (χ0n) is 5.24. The van der Waals surface area contributed by atoms with Crippen molar-refractivity contribution in [2.75, 3.05) is 13.1 Å². The Morgan fingerprint density at radius 3 is 2.56 bits per heavy atom. The molecule has 0 amide bonds. The summed E-state index contributed by atoms with van der Waals surface area (Å²) in [5, 5.41) is 2.94. The molecule has 1 atom stereocenters. The van der Waals surface area contributed by atoms with Gasteiger partial charge in [-0.05, 0) is 19.4 Å². The highest BCUT2D eigenvalue weighted by Gasteiger charge is 2.21. The molecule has 1 N–H and O–H groups in total. The first kappa shape index (κ1) is 6.93. The van der Waals surface area contributed by atoms with E-state index in [-0.39, 0.29) is 0 Å². The van der Waals surface area contributed by atoms with Gasteiger partial charge in [0, 0.05) is 12.5 Å². The molecule has 1 rings (SSSR count). The Bertz CT molecular complexity index is 79.1. The zero-order valence-corrected chi connectivity index (χ0v) is 5.24. The van der Waals surface area contributed by atoms with Gasteiger partial charge in [0.15, 0.2) is 0 Å². The summed E-state index contributed by atoms with van der Waals surface area (Å²) in [6.07, 6.45) is -0.544. The second-order valence-corrected chi connectivity index (χ2v) is 2.44. The fourth-order valence-corrected chi connectivity index (χ4v) is 1.09. The molecule has 1 aliphatic heterocycles. The molecule has 1 nitrogen and oxygen atoms in total. The lowest BCUT2D eigenvalue weighted by molar-refractivity contribution is 0.0633. The molecule has 0 bridgehead atoms. The van der Waals surface area contributed by atoms with Crippen LogP contribution in [0.5, 0.6) is 0 Å². The zero-order chi connectivity index (χ0) is 6.69. The van der Waals surface area contributed by atoms with Gasteiger partial charge in [-0.3, -0.25) is 0 Å². The van der Waals surface area contributed by atoms with Crippen LogP contribution in [0.2, 0.25) is 0 Å². The van der Waals surface area contributed by atoms with E-state index < -0.39 is 12.3 Å². The van der Waals surface area contributed by atoms with Crippen molar-refractivity contribution >= 4 is 0 Å². The fraction of sp³-hybridized carbons (Fsp3) is 1.00. The average Bonchev–Trinajstić information content (AvgIpc) is 1.90. The van der Waals surface area contributed by atoms with E-state index in [1.807, 2.05) is 0 Å². The molecule has 0 aromatic rings. The molecule has 1 aliphatic rings. The summed E-state index contributed by atoms with van der Waals surface area (Å²) >= 11 is 0. The van der Waals surface area contributed by atoms with Gasteiger partial charge in [0.25, 0.3) is 0 Å². The first-order chi connectivity index (χ1) is 4.30. The molecule has 54 valence electrons. The Hall–Kier alpha value is -0.180. The molecule has 3 heteroatoms. The van der Waals surface area contributed by atoms with E-state index in [4.69, 9.17) is 0 Å². The third-order valence-corrected chi connectivity index (χ3v) is 1.69. The minimum Gasteiger partial charge on any atom is -0.316 e. The van der Waals surface area contributed by atoms with Crippen molar-refractivity contribution in [3.63, 3.8) is 0 Å². The van der Waals surface area contributed by atoms with Crippen molar-refractivity contribution in [3.8, 4) is 0 Å². The number of piperidine rings is 1. The number of rotatable bonds is 1. The molecule has 9 heavy (non-hydrogen) atoms. The Kier molecular flexibility index (Phi) is 2.39. The largest absolute Gasteiger partial charge is 0.316 e. The summed E-state index contributed by atoms with van der Waals surface area (Å²) in [4.78, 5) is 0. The van der Waals surface area contributed by atoms with Crippen LogP contribution >= 0.6 is 0 Å². The normalized spacial score (nSPS) is 29.0. The van der Waals surface area contributed by atoms with Crippen LogP contribution in [0.25, 0.3) is 0 Å². The van der Waals surface area contributed by atoms with Gasteiger partial charge in [0.05, 0.1) is 0 Å². The summed E-state index contributed by atoms with van der Waals surface area (Å²) < 4.78 is 23.8. The average molecular weight is 135 g/mol. The highest BCUT2D eigenvalue weighted by Crippen LogP contribution is 2.17. The van der Waals surface area contributed by atoms with Crippen molar-refractivity contribution in [2.24, 2.45) is 5.92 Å². The van der Waals surface area contributed by atoms with Gasteiger partial charge in [-0.2, -0.15) is 0 Å². The summed E-state index contributed by atoms with van der Waals surface area (Å²) in [5.41, 5.74) is 0. The highest BCUT2D eigenvalue weighted by atomic mass is 19.3. The molecule has 1 heterocycles. The molecular formula is C6H11F2N. The lowest BCUT2D eigenvalue weighted by Crippen LogP contribution is -2.33. The second kappa shape index (κ2) is 3.11. The minimum absolute atomic E-state index is 0.390. The molecular weight excluding hydrogens is 124 g/mol. The van der Waals surface area contributed by atoms with Gasteiger partial charge in [0.2, 0.25) is 6.43 Å². The number of nitrogens with one attached hydrogen (secondary N) is 1. The number of alkyl halides is 2. The Morgan fingerprint density at radius 2 is 2.22 bits per heavy atom. The van der Waals surface area contributed by atoms with Gasteiger partial charge in [0.1, 0.15) is 0 Å². The van der Waals surface area contributed by atoms with E-state index in [0.29, 0.717) is 13.0 Å². The maximum Gasteiger partial charge on any atom is 0.242 e. The standard InChI is InChI=1S/C6H11F2N/c7-6(8)5-2-1-3-9-4-5/h5-6,9H,1-4H2. The van der Waals surface area contributed by atoms with Crippen LogP contribution < -0.4 is 5.32 Å². The predicted octanol–water partition coefficient (Wildman–Crippen LogP) is 1.25. The Labute approximate surface area is 53.4 Å². The van der Waals surface area contributed by atoms with Crippen molar-refractivity contribution in [2.45, 2.75) is 19.3 Å². The molecule has 0 saturated carbocycles. The van der Waals surface area contributed by atoms with E-state index in [9.17, 15) is 8.78 Å². The van der Waals surface area contributed by atoms with Gasteiger partial charge in [-0.25, -0.2) is 8.78 Å². The predicted molar refractivity (Wildman–Crippen MR) is 31.6 cm³/mol. The lowest BCUT2D eigenvalue weighted by Gasteiger charge is -2.21. The smallest absolute Gasteiger partial charge is 0.242 e. The van der Waals surface area contributed by atoms with Crippen LogP contribution in [0.15, 0.2) is 0 Å². The molecule has 0 aromatic carbocycles. The maximum atomic E-state index is 11.9. The summed E-state index contributed by atoms with van der Waals surface area (Å²) in [6, 6.07) is 0. The SMILES string of the molecule is FC(F)C1CCCNC1. The molecule has 0 aliphatic carbocycles.